The minimum Gasteiger partial charge on any atom is -0.756 e. The summed E-state index contributed by atoms with van der Waals surface area (Å²) < 4.78 is 145. The summed E-state index contributed by atoms with van der Waals surface area (Å²) >= 11 is 0. The Morgan fingerprint density at radius 3 is 1.27 bits per heavy atom. The van der Waals surface area contributed by atoms with Gasteiger partial charge in [-0.25, -0.2) is 32.6 Å². The number of aromatic nitrogens is 6. The fraction of sp³-hybridized carbons (Fsp3) is 0.733. The summed E-state index contributed by atoms with van der Waals surface area (Å²) in [5, 5.41) is 0. The van der Waals surface area contributed by atoms with E-state index in [-0.39, 0.29) is 55.3 Å². The van der Waals surface area contributed by atoms with Crippen LogP contribution in [0.4, 0.5) is 0 Å². The van der Waals surface area contributed by atoms with Crippen molar-refractivity contribution in [2.24, 2.45) is 5.92 Å². The summed E-state index contributed by atoms with van der Waals surface area (Å²) in [6.07, 6.45) is -12.0. The van der Waals surface area contributed by atoms with Gasteiger partial charge in [0.25, 0.3) is 24.5 Å². The molecule has 4 aliphatic rings. The molecule has 0 aliphatic carbocycles. The minimum absolute atomic E-state index is 0.0306. The Hall–Kier alpha value is -3.57. The van der Waals surface area contributed by atoms with Crippen LogP contribution in [0, 0.1) is 26.7 Å². The summed E-state index contributed by atoms with van der Waals surface area (Å²) in [4.78, 5) is 138. The average molecular weight is 1330 g/mol. The largest absolute Gasteiger partial charge is 0.756 e. The molecule has 4 fully saturated rings. The Labute approximate surface area is 488 Å². The fourth-order valence-corrected chi connectivity index (χ4v) is 13.8. The Morgan fingerprint density at radius 1 is 0.535 bits per heavy atom. The number of ether oxygens (including phenoxy) is 4. The third-order valence-corrected chi connectivity index (χ3v) is 18.7. The van der Waals surface area contributed by atoms with Crippen molar-refractivity contribution in [1.82, 2.24) is 28.7 Å². The number of phosphoric ester groups is 5. The number of phosphoric acid groups is 5. The van der Waals surface area contributed by atoms with Crippen LogP contribution in [0.1, 0.15) is 108 Å². The number of nitrogens with zero attached hydrogens (tertiary/aromatic N) is 3. The van der Waals surface area contributed by atoms with E-state index in [9.17, 15) is 76.1 Å². The number of hydrogen-bond donors (Lipinski definition) is 7. The van der Waals surface area contributed by atoms with Gasteiger partial charge in [0.05, 0.1) is 39.6 Å². The van der Waals surface area contributed by atoms with Crippen LogP contribution in [0.15, 0.2) is 47.4 Å². The summed E-state index contributed by atoms with van der Waals surface area (Å²) in [5.41, 5.74) is -4.81. The summed E-state index contributed by atoms with van der Waals surface area (Å²) in [6.45, 7) is 5.65. The van der Waals surface area contributed by atoms with Gasteiger partial charge in [-0.1, -0.05) is 27.2 Å². The van der Waals surface area contributed by atoms with Gasteiger partial charge in [-0.2, -0.15) is 0 Å². The maximum absolute atomic E-state index is 13.8. The van der Waals surface area contributed by atoms with E-state index >= 15 is 0 Å². The Bertz CT molecular complexity index is 3460. The number of aryl methyl sites for hydroxylation is 3. The molecule has 0 radical (unpaired) electrons. The standard InChI is InChI=1S/C45H71N6O30P5/c1-7-8-12-70-83(60,61)79-30-15-37(49-18-26(4)40(52)46-43(49)55)76-35(30)24-74-86(66,67)81-32-17-39(51-20-28(6)42(54)48-45(51)57)77-36(32)23-73-84(62,63)78-29-11-14-68-33(29)21-72-85(64,65)80-31-16-38(50-19-27(5)41(53)47-44(50)56)75-34(31)22-71-82(58,59)69-13-9-10-25(2)3/h18-20,25,29-39H,7-17,21-24H2,1-6H3,(H,58,59)(H,60,61)(H,62,63)(H,64,65)(H,66,67)(H,46,52,55)(H,47,53,56)(H,48,54,57)/p-1/t29-,30-,31-,32-,33-,34-,35-,36-,37-,38-,39-/m1/s1. The van der Waals surface area contributed by atoms with Crippen molar-refractivity contribution < 1.29 is 111 Å². The third kappa shape index (κ3) is 19.7. The molecule has 0 bridgehead atoms. The van der Waals surface area contributed by atoms with Gasteiger partial charge < -0.3 is 52.5 Å². The van der Waals surface area contributed by atoms with Gasteiger partial charge in [-0.05, 0) is 46.0 Å². The lowest BCUT2D eigenvalue weighted by molar-refractivity contribution is -0.228. The highest BCUT2D eigenvalue weighted by atomic mass is 31.2. The molecule has 7 rings (SSSR count). The molecular weight excluding hydrogens is 1260 g/mol. The van der Waals surface area contributed by atoms with Gasteiger partial charge in [0.1, 0.15) is 67.5 Å². The zero-order chi connectivity index (χ0) is 63.1. The predicted octanol–water partition coefficient (Wildman–Crippen LogP) is 1.96. The average Bonchev–Trinajstić information content (AvgIpc) is 2.15. The first-order chi connectivity index (χ1) is 40.2. The zero-order valence-corrected chi connectivity index (χ0v) is 51.7. The van der Waals surface area contributed by atoms with Crippen molar-refractivity contribution in [1.29, 1.82) is 0 Å². The maximum atomic E-state index is 13.8. The fourth-order valence-electron chi connectivity index (χ4n) is 9.20. The highest BCUT2D eigenvalue weighted by molar-refractivity contribution is 7.48. The molecule has 41 heteroatoms. The molecule has 486 valence electrons. The molecular formula is C45H70N6O30P5-. The smallest absolute Gasteiger partial charge is 0.472 e. The molecule has 86 heavy (non-hydrogen) atoms. The van der Waals surface area contributed by atoms with Crippen LogP contribution in [-0.4, -0.2) is 143 Å². The maximum Gasteiger partial charge on any atom is 0.472 e. The molecule has 16 atom stereocenters. The molecule has 0 saturated carbocycles. The van der Waals surface area contributed by atoms with Gasteiger partial charge in [-0.3, -0.25) is 83.8 Å². The molecule has 0 aromatic carbocycles. The van der Waals surface area contributed by atoms with Crippen LogP contribution in [0.25, 0.3) is 0 Å². The Morgan fingerprint density at radius 2 is 0.884 bits per heavy atom. The topological polar surface area (TPSA) is 483 Å². The van der Waals surface area contributed by atoms with E-state index in [4.69, 9.17) is 64.2 Å². The van der Waals surface area contributed by atoms with E-state index in [0.717, 1.165) is 32.3 Å². The van der Waals surface area contributed by atoms with Crippen LogP contribution in [0.3, 0.4) is 0 Å². The van der Waals surface area contributed by atoms with E-state index in [2.05, 4.69) is 15.0 Å². The van der Waals surface area contributed by atoms with Crippen LogP contribution in [0.2, 0.25) is 0 Å². The first-order valence-corrected chi connectivity index (χ1v) is 34.4. The monoisotopic (exact) mass is 1330 g/mol. The van der Waals surface area contributed by atoms with Crippen molar-refractivity contribution in [2.45, 2.75) is 160 Å². The SMILES string of the molecule is CCCCOP(=O)(O)O[C@@H]1C[C@H](n2cc(C)c(=O)[nH]c2=O)O[C@@H]1COP(=O)(O)O[C@@H]1C[C@H](n2cc(C)c(=O)[nH]c2=O)O[C@@H]1COP(=O)(O)O[C@@H]1CCO[C@@H]1COP(=O)(O)O[C@@H]1C[C@H](n2cc(C)c(=O)[nH]c2=O)O[C@@H]1COP(=O)([O-])OCCCC(C)C. The van der Waals surface area contributed by atoms with Crippen molar-refractivity contribution >= 4 is 39.1 Å². The van der Waals surface area contributed by atoms with Gasteiger partial charge in [0, 0.05) is 67.6 Å². The molecule has 36 nitrogen and oxygen atoms in total. The molecule has 0 spiro atoms. The first-order valence-electron chi connectivity index (χ1n) is 27.0. The van der Waals surface area contributed by atoms with Crippen molar-refractivity contribution in [3.8, 4) is 0 Å². The summed E-state index contributed by atoms with van der Waals surface area (Å²) in [7, 11) is -25.7. The molecule has 7 N–H and O–H groups in total. The lowest BCUT2D eigenvalue weighted by Gasteiger charge is -2.27. The van der Waals surface area contributed by atoms with Crippen molar-refractivity contribution in [3.05, 3.63) is 97.8 Å². The van der Waals surface area contributed by atoms with E-state index in [1.807, 2.05) is 13.8 Å². The number of aromatic amines is 3. The number of H-pyrrole nitrogens is 3. The quantitative estimate of drug-likeness (QED) is 0.0347. The molecule has 4 saturated heterocycles. The Kier molecular flexibility index (Phi) is 24.0. The second kappa shape index (κ2) is 29.6. The predicted molar refractivity (Wildman–Crippen MR) is 289 cm³/mol. The van der Waals surface area contributed by atoms with Crippen molar-refractivity contribution in [3.63, 3.8) is 0 Å². The number of rotatable bonds is 32. The molecule has 5 unspecified atom stereocenters. The molecule has 3 aromatic heterocycles. The summed E-state index contributed by atoms with van der Waals surface area (Å²) in [6, 6.07) is 0. The second-order valence-corrected chi connectivity index (χ2v) is 27.9. The minimum atomic E-state index is -5.38. The lowest BCUT2D eigenvalue weighted by Crippen LogP contribution is -2.33. The normalized spacial score (nSPS) is 28.7. The highest BCUT2D eigenvalue weighted by Gasteiger charge is 2.48. The molecule has 4 aliphatic heterocycles. The number of hydrogen-bond acceptors (Lipinski definition) is 26. The molecule has 0 amide bonds. The second-order valence-electron chi connectivity index (χ2n) is 20.9. The number of unbranched alkanes of at least 4 members (excludes halogenated alkanes) is 1. The lowest BCUT2D eigenvalue weighted by atomic mass is 10.1. The van der Waals surface area contributed by atoms with Gasteiger partial charge >= 0.3 is 48.4 Å². The zero-order valence-electron chi connectivity index (χ0n) is 47.2. The van der Waals surface area contributed by atoms with E-state index in [1.54, 1.807) is 6.92 Å². The molecule has 7 heterocycles. The van der Waals surface area contributed by atoms with Crippen LogP contribution < -0.4 is 38.6 Å². The summed E-state index contributed by atoms with van der Waals surface area (Å²) in [5.74, 6) is 0.259. The van der Waals surface area contributed by atoms with E-state index in [0.29, 0.717) is 25.7 Å². The highest BCUT2D eigenvalue weighted by Crippen LogP contribution is 2.54. The van der Waals surface area contributed by atoms with Crippen molar-refractivity contribution in [2.75, 3.05) is 46.2 Å². The first kappa shape index (κ1) is 69.9. The van der Waals surface area contributed by atoms with E-state index in [1.165, 1.54) is 20.8 Å². The van der Waals surface area contributed by atoms with E-state index < -0.39 is 180 Å². The Balaban J connectivity index is 1.00. The van der Waals surface area contributed by atoms with Gasteiger partial charge in [-0.15, -0.1) is 0 Å². The number of nitrogens with one attached hydrogen (secondary N) is 3. The van der Waals surface area contributed by atoms with Gasteiger partial charge in [0.2, 0.25) is 0 Å². The van der Waals surface area contributed by atoms with Crippen LogP contribution >= 0.6 is 39.1 Å². The molecule has 3 aromatic rings. The van der Waals surface area contributed by atoms with Gasteiger partial charge in [0.15, 0.2) is 0 Å². The van der Waals surface area contributed by atoms with Crippen LogP contribution in [0.5, 0.6) is 0 Å². The van der Waals surface area contributed by atoms with Crippen LogP contribution in [-0.2, 0) is 87.0 Å². The third-order valence-electron chi connectivity index (χ3n) is 13.7.